The molecule has 5 nitrogen and oxygen atoms in total. The monoisotopic (exact) mass is 385 g/mol. The zero-order valence-corrected chi connectivity index (χ0v) is 18.1. The second kappa shape index (κ2) is 7.55. The topological polar surface area (TPSA) is 57.7 Å². The van der Waals surface area contributed by atoms with E-state index >= 15 is 0 Å². The van der Waals surface area contributed by atoms with Gasteiger partial charge in [0.2, 0.25) is 0 Å². The molecule has 1 atom stereocenters. The molecule has 1 aromatic carbocycles. The van der Waals surface area contributed by atoms with E-state index < -0.39 is 0 Å². The van der Waals surface area contributed by atoms with Crippen molar-refractivity contribution in [2.75, 3.05) is 18.0 Å². The van der Waals surface area contributed by atoms with Gasteiger partial charge in [-0.2, -0.15) is 5.26 Å². The molecule has 3 aromatic rings. The van der Waals surface area contributed by atoms with Crippen molar-refractivity contribution >= 4 is 29.6 Å². The molecule has 1 unspecified atom stereocenters. The second-order valence-electron chi connectivity index (χ2n) is 8.37. The standard InChI is InChI=1S/C23H28BN5/c1-14-10-19(24-5)11-15(2)21(14)29-12-16(3)20-22(26-17(4)27-23(20)29)28-9-7-18(13-28)6-8-25/h10-12,18,24H,6-7,9,13H2,1-5H3. The number of rotatable bonds is 4. The Morgan fingerprint density at radius 1 is 1.14 bits per heavy atom. The molecule has 0 aliphatic carbocycles. The molecule has 0 amide bonds. The molecule has 0 radical (unpaired) electrons. The molecular weight excluding hydrogens is 357 g/mol. The van der Waals surface area contributed by atoms with Crippen LogP contribution in [0.25, 0.3) is 16.7 Å². The van der Waals surface area contributed by atoms with E-state index in [0.29, 0.717) is 12.3 Å². The first-order chi connectivity index (χ1) is 13.9. The van der Waals surface area contributed by atoms with Crippen LogP contribution in [0.15, 0.2) is 18.3 Å². The summed E-state index contributed by atoms with van der Waals surface area (Å²) in [6.07, 6.45) is 3.87. The number of nitriles is 1. The zero-order valence-electron chi connectivity index (χ0n) is 18.1. The van der Waals surface area contributed by atoms with Crippen molar-refractivity contribution in [3.63, 3.8) is 0 Å². The molecule has 0 bridgehead atoms. The van der Waals surface area contributed by atoms with Crippen LogP contribution in [0.2, 0.25) is 6.82 Å². The van der Waals surface area contributed by atoms with Gasteiger partial charge in [-0.3, -0.25) is 0 Å². The normalized spacial score (nSPS) is 16.4. The molecule has 29 heavy (non-hydrogen) atoms. The highest BCUT2D eigenvalue weighted by molar-refractivity contribution is 6.52. The Labute approximate surface area is 173 Å². The Morgan fingerprint density at radius 3 is 2.52 bits per heavy atom. The number of nitrogens with zero attached hydrogens (tertiary/aromatic N) is 5. The van der Waals surface area contributed by atoms with Crippen molar-refractivity contribution in [2.45, 2.75) is 47.4 Å². The van der Waals surface area contributed by atoms with Crippen LogP contribution in [0.4, 0.5) is 5.82 Å². The fourth-order valence-corrected chi connectivity index (χ4v) is 4.74. The quantitative estimate of drug-likeness (QED) is 0.645. The summed E-state index contributed by atoms with van der Waals surface area (Å²) in [5.41, 5.74) is 7.29. The van der Waals surface area contributed by atoms with Crippen LogP contribution in [0.3, 0.4) is 0 Å². The summed E-state index contributed by atoms with van der Waals surface area (Å²) in [7, 11) is 1.04. The predicted octanol–water partition coefficient (Wildman–Crippen LogP) is 3.50. The molecule has 148 valence electrons. The van der Waals surface area contributed by atoms with Crippen molar-refractivity contribution in [1.29, 1.82) is 5.26 Å². The van der Waals surface area contributed by atoms with Gasteiger partial charge >= 0.3 is 0 Å². The molecule has 1 fully saturated rings. The van der Waals surface area contributed by atoms with Crippen LogP contribution < -0.4 is 10.4 Å². The minimum atomic E-state index is 0.429. The smallest absolute Gasteiger partial charge is 0.154 e. The van der Waals surface area contributed by atoms with Crippen molar-refractivity contribution in [3.05, 3.63) is 40.8 Å². The van der Waals surface area contributed by atoms with E-state index in [0.717, 1.165) is 49.5 Å². The number of aryl methyl sites for hydroxylation is 4. The molecule has 1 aliphatic heterocycles. The van der Waals surface area contributed by atoms with Gasteiger partial charge in [-0.15, -0.1) is 0 Å². The number of anilines is 1. The Morgan fingerprint density at radius 2 is 1.86 bits per heavy atom. The molecule has 1 aliphatic rings. The van der Waals surface area contributed by atoms with Gasteiger partial charge in [0.15, 0.2) is 12.9 Å². The molecular formula is C23H28BN5. The summed E-state index contributed by atoms with van der Waals surface area (Å²) in [4.78, 5) is 12.0. The largest absolute Gasteiger partial charge is 0.356 e. The third-order valence-corrected chi connectivity index (χ3v) is 6.09. The molecule has 6 heteroatoms. The zero-order chi connectivity index (χ0) is 20.7. The van der Waals surface area contributed by atoms with E-state index in [4.69, 9.17) is 15.2 Å². The lowest BCUT2D eigenvalue weighted by Crippen LogP contribution is -2.22. The molecule has 1 saturated heterocycles. The lowest BCUT2D eigenvalue weighted by molar-refractivity contribution is 0.605. The van der Waals surface area contributed by atoms with Crippen LogP contribution in [0.5, 0.6) is 0 Å². The van der Waals surface area contributed by atoms with Crippen LogP contribution in [-0.4, -0.2) is 34.9 Å². The van der Waals surface area contributed by atoms with Crippen molar-refractivity contribution in [2.24, 2.45) is 5.92 Å². The van der Waals surface area contributed by atoms with Gasteiger partial charge in [0.05, 0.1) is 17.1 Å². The highest BCUT2D eigenvalue weighted by Crippen LogP contribution is 2.34. The minimum absolute atomic E-state index is 0.429. The van der Waals surface area contributed by atoms with E-state index in [1.165, 1.54) is 27.8 Å². The van der Waals surface area contributed by atoms with E-state index in [2.05, 4.69) is 61.5 Å². The molecule has 0 saturated carbocycles. The van der Waals surface area contributed by atoms with Gasteiger partial charge in [0.25, 0.3) is 0 Å². The summed E-state index contributed by atoms with van der Waals surface area (Å²) in [6.45, 7) is 12.5. The van der Waals surface area contributed by atoms with E-state index in [1.54, 1.807) is 0 Å². The van der Waals surface area contributed by atoms with Gasteiger partial charge in [-0.05, 0) is 56.7 Å². The summed E-state index contributed by atoms with van der Waals surface area (Å²) in [5.74, 6) is 2.24. The number of hydrogen-bond donors (Lipinski definition) is 0. The first-order valence-electron chi connectivity index (χ1n) is 10.5. The first-order valence-corrected chi connectivity index (χ1v) is 10.5. The average molecular weight is 385 g/mol. The third-order valence-electron chi connectivity index (χ3n) is 6.09. The third kappa shape index (κ3) is 3.39. The van der Waals surface area contributed by atoms with Gasteiger partial charge in [-0.25, -0.2) is 9.97 Å². The van der Waals surface area contributed by atoms with E-state index in [-0.39, 0.29) is 0 Å². The number of fused-ring (bicyclic) bond motifs is 1. The predicted molar refractivity (Wildman–Crippen MR) is 121 cm³/mol. The van der Waals surface area contributed by atoms with Crippen LogP contribution in [0, 0.1) is 44.9 Å². The van der Waals surface area contributed by atoms with E-state index in [9.17, 15) is 0 Å². The maximum atomic E-state index is 9.06. The fourth-order valence-electron chi connectivity index (χ4n) is 4.74. The highest BCUT2D eigenvalue weighted by Gasteiger charge is 2.27. The highest BCUT2D eigenvalue weighted by atomic mass is 15.2. The van der Waals surface area contributed by atoms with Gasteiger partial charge in [0, 0.05) is 25.7 Å². The summed E-state index contributed by atoms with van der Waals surface area (Å²) >= 11 is 0. The Kier molecular flexibility index (Phi) is 5.08. The molecule has 2 aromatic heterocycles. The first kappa shape index (κ1) is 19.5. The average Bonchev–Trinajstić information content (AvgIpc) is 3.26. The van der Waals surface area contributed by atoms with Crippen LogP contribution in [0.1, 0.15) is 35.4 Å². The number of hydrogen-bond acceptors (Lipinski definition) is 4. The number of aromatic nitrogens is 3. The van der Waals surface area contributed by atoms with Gasteiger partial charge < -0.3 is 9.47 Å². The van der Waals surface area contributed by atoms with Crippen molar-refractivity contribution in [3.8, 4) is 11.8 Å². The van der Waals surface area contributed by atoms with Crippen LogP contribution >= 0.6 is 0 Å². The second-order valence-corrected chi connectivity index (χ2v) is 8.37. The lowest BCUT2D eigenvalue weighted by Gasteiger charge is -2.19. The van der Waals surface area contributed by atoms with Gasteiger partial charge in [-0.1, -0.05) is 24.4 Å². The maximum Gasteiger partial charge on any atom is 0.154 e. The fraction of sp³-hybridized carbons (Fsp3) is 0.435. The Balaban J connectivity index is 1.88. The molecule has 4 rings (SSSR count). The number of benzene rings is 1. The van der Waals surface area contributed by atoms with E-state index in [1.807, 2.05) is 6.92 Å². The minimum Gasteiger partial charge on any atom is -0.356 e. The Bertz CT molecular complexity index is 1100. The summed E-state index contributed by atoms with van der Waals surface area (Å²) in [5, 5.41) is 10.2. The van der Waals surface area contributed by atoms with Crippen molar-refractivity contribution < 1.29 is 0 Å². The maximum absolute atomic E-state index is 9.06. The summed E-state index contributed by atoms with van der Waals surface area (Å²) < 4.78 is 2.25. The molecule has 3 heterocycles. The van der Waals surface area contributed by atoms with Crippen LogP contribution in [-0.2, 0) is 0 Å². The lowest BCUT2D eigenvalue weighted by atomic mass is 9.72. The van der Waals surface area contributed by atoms with Gasteiger partial charge in [0.1, 0.15) is 11.6 Å². The van der Waals surface area contributed by atoms with Crippen molar-refractivity contribution in [1.82, 2.24) is 14.5 Å². The molecule has 0 N–H and O–H groups in total. The molecule has 0 spiro atoms. The SMILES string of the molecule is CBc1cc(C)c(-n2cc(C)c3c(N4CCC(CC#N)C4)nc(C)nc32)c(C)c1. The Hall–Kier alpha value is -2.81. The summed E-state index contributed by atoms with van der Waals surface area (Å²) in [6, 6.07) is 6.89.